The first-order valence-electron chi connectivity index (χ1n) is 11.9. The van der Waals surface area contributed by atoms with Crippen LogP contribution < -0.4 is 0 Å². The average molecular weight is 656 g/mol. The number of benzene rings is 4. The average Bonchev–Trinajstić information content (AvgIpc) is 2.97. The molecule has 8 rings (SSSR count). The van der Waals surface area contributed by atoms with Crippen molar-refractivity contribution in [1.29, 1.82) is 0 Å². The zero-order valence-corrected chi connectivity index (χ0v) is 21.9. The summed E-state index contributed by atoms with van der Waals surface area (Å²) in [6.07, 6.45) is 7.32. The van der Waals surface area contributed by atoms with Crippen LogP contribution in [0.3, 0.4) is 0 Å². The van der Waals surface area contributed by atoms with Crippen LogP contribution in [0.1, 0.15) is 0 Å². The van der Waals surface area contributed by atoms with E-state index >= 15 is 0 Å². The maximum absolute atomic E-state index is 4.52. The van der Waals surface area contributed by atoms with E-state index in [0.29, 0.717) is 0 Å². The van der Waals surface area contributed by atoms with Gasteiger partial charge >= 0.3 is 0 Å². The van der Waals surface area contributed by atoms with Gasteiger partial charge in [-0.05, 0) is 40.4 Å². The maximum atomic E-state index is 4.52. The van der Waals surface area contributed by atoms with Crippen LogP contribution in [0.2, 0.25) is 0 Å². The van der Waals surface area contributed by atoms with E-state index in [1.54, 1.807) is 0 Å². The summed E-state index contributed by atoms with van der Waals surface area (Å²) in [6.45, 7) is 0. The summed E-state index contributed by atoms with van der Waals surface area (Å²) in [4.78, 5) is 18.0. The summed E-state index contributed by atoms with van der Waals surface area (Å²) >= 11 is 0. The second kappa shape index (κ2) is 9.65. The molecule has 178 valence electrons. The number of pyridine rings is 4. The number of nitrogens with zero attached hydrogens (tertiary/aromatic N) is 4. The molecule has 4 aromatic carbocycles. The van der Waals surface area contributed by atoms with Crippen LogP contribution in [0.15, 0.2) is 122 Å². The molecule has 4 heterocycles. The topological polar surface area (TPSA) is 51.6 Å². The van der Waals surface area contributed by atoms with E-state index in [0.717, 1.165) is 38.2 Å². The molecule has 5 heteroatoms. The fourth-order valence-corrected chi connectivity index (χ4v) is 5.06. The van der Waals surface area contributed by atoms with Gasteiger partial charge in [0.15, 0.2) is 0 Å². The largest absolute Gasteiger partial charge is 0.256 e. The number of fused-ring (bicyclic) bond motifs is 11. The van der Waals surface area contributed by atoms with Crippen molar-refractivity contribution in [1.82, 2.24) is 19.9 Å². The van der Waals surface area contributed by atoms with E-state index in [-0.39, 0.29) is 21.1 Å². The molecule has 0 radical (unpaired) electrons. The van der Waals surface area contributed by atoms with E-state index in [2.05, 4.69) is 92.7 Å². The zero-order chi connectivity index (χ0) is 23.9. The van der Waals surface area contributed by atoms with E-state index in [9.17, 15) is 0 Å². The third-order valence-electron chi connectivity index (χ3n) is 6.67. The van der Waals surface area contributed by atoms with E-state index in [1.165, 1.54) is 26.9 Å². The predicted molar refractivity (Wildman–Crippen MR) is 149 cm³/mol. The summed E-state index contributed by atoms with van der Waals surface area (Å²) in [6, 6.07) is 33.2. The summed E-state index contributed by atoms with van der Waals surface area (Å²) in [7, 11) is 0. The Bertz CT molecular complexity index is 1760. The zero-order valence-electron chi connectivity index (χ0n) is 19.7. The number of aromatic nitrogens is 4. The fourth-order valence-electron chi connectivity index (χ4n) is 5.06. The van der Waals surface area contributed by atoms with Crippen LogP contribution in [-0.2, 0) is 21.1 Å². The van der Waals surface area contributed by atoms with Gasteiger partial charge in [0.1, 0.15) is 0 Å². The van der Waals surface area contributed by atoms with E-state index in [1.807, 2.05) is 49.1 Å². The van der Waals surface area contributed by atoms with Crippen LogP contribution in [0.25, 0.3) is 65.2 Å². The Balaban J connectivity index is 0.000000133. The summed E-state index contributed by atoms with van der Waals surface area (Å²) < 4.78 is 0. The molecule has 4 nitrogen and oxygen atoms in total. The molecule has 0 aliphatic rings. The first-order chi connectivity index (χ1) is 17.9. The molecule has 0 saturated carbocycles. The molecule has 37 heavy (non-hydrogen) atoms. The van der Waals surface area contributed by atoms with Crippen molar-refractivity contribution in [3.63, 3.8) is 0 Å². The molecule has 0 atom stereocenters. The second-order valence-corrected chi connectivity index (χ2v) is 8.72. The monoisotopic (exact) mass is 655 g/mol. The van der Waals surface area contributed by atoms with Gasteiger partial charge in [0.2, 0.25) is 0 Å². The second-order valence-electron chi connectivity index (χ2n) is 8.72. The van der Waals surface area contributed by atoms with Crippen LogP contribution in [-0.4, -0.2) is 19.9 Å². The molecule has 0 spiro atoms. The Morgan fingerprint density at radius 3 is 1.19 bits per heavy atom. The fraction of sp³-hybridized carbons (Fsp3) is 0. The molecule has 0 unspecified atom stereocenters. The maximum Gasteiger partial charge on any atom is 0.0970 e. The molecule has 8 aromatic rings. The van der Waals surface area contributed by atoms with E-state index < -0.39 is 0 Å². The minimum Gasteiger partial charge on any atom is -0.256 e. The van der Waals surface area contributed by atoms with Gasteiger partial charge in [0.25, 0.3) is 0 Å². The van der Waals surface area contributed by atoms with Gasteiger partial charge in [-0.25, -0.2) is 0 Å². The van der Waals surface area contributed by atoms with Gasteiger partial charge in [0, 0.05) is 72.8 Å². The van der Waals surface area contributed by atoms with Crippen LogP contribution in [0, 0.1) is 0 Å². The SMILES string of the molecule is [Pt].c1ccc2c(c1)c1cccnc1c1ncccc21.c1cnc2c(c1)ccc1ccc3cccnc3c12. The molecule has 0 saturated heterocycles. The standard InChI is InChI=1S/2C16H10N2.Pt/c1-3-12-7-5-11-6-8-13-4-2-10-18-16(13)14(11)15(12)17-9-1;1-2-6-12-11(5-1)13-7-3-9-17-15(13)16-14(12)8-4-10-18-16;/h2*1-10H;. The van der Waals surface area contributed by atoms with Crippen molar-refractivity contribution in [3.05, 3.63) is 122 Å². The molecule has 0 N–H and O–H groups in total. The number of hydrogen-bond donors (Lipinski definition) is 0. The van der Waals surface area contributed by atoms with Gasteiger partial charge in [0.05, 0.1) is 22.1 Å². The van der Waals surface area contributed by atoms with Crippen molar-refractivity contribution >= 4 is 65.2 Å². The normalized spacial score (nSPS) is 11.0. The van der Waals surface area contributed by atoms with Gasteiger partial charge < -0.3 is 0 Å². The van der Waals surface area contributed by atoms with Gasteiger partial charge in [-0.3, -0.25) is 19.9 Å². The predicted octanol–water partition coefficient (Wildman–Crippen LogP) is 7.87. The van der Waals surface area contributed by atoms with E-state index in [4.69, 9.17) is 0 Å². The number of rotatable bonds is 0. The Morgan fingerprint density at radius 1 is 0.324 bits per heavy atom. The third-order valence-corrected chi connectivity index (χ3v) is 6.67. The third kappa shape index (κ3) is 3.91. The Morgan fingerprint density at radius 2 is 0.703 bits per heavy atom. The molecule has 4 aromatic heterocycles. The van der Waals surface area contributed by atoms with Crippen molar-refractivity contribution < 1.29 is 21.1 Å². The first kappa shape index (κ1) is 23.1. The Hall–Kier alpha value is -4.27. The van der Waals surface area contributed by atoms with Crippen molar-refractivity contribution in [3.8, 4) is 0 Å². The Kier molecular flexibility index (Phi) is 6.03. The van der Waals surface area contributed by atoms with Gasteiger partial charge in [-0.1, -0.05) is 72.8 Å². The van der Waals surface area contributed by atoms with Gasteiger partial charge in [-0.15, -0.1) is 0 Å². The van der Waals surface area contributed by atoms with Crippen LogP contribution in [0.5, 0.6) is 0 Å². The number of hydrogen-bond acceptors (Lipinski definition) is 4. The summed E-state index contributed by atoms with van der Waals surface area (Å²) in [5, 5.41) is 9.45. The minimum absolute atomic E-state index is 0. The van der Waals surface area contributed by atoms with Crippen molar-refractivity contribution in [2.24, 2.45) is 0 Å². The minimum atomic E-state index is 0. The molecule has 0 bridgehead atoms. The summed E-state index contributed by atoms with van der Waals surface area (Å²) in [5.41, 5.74) is 4.01. The van der Waals surface area contributed by atoms with Crippen LogP contribution in [0.4, 0.5) is 0 Å². The molecular formula is C32H20N4Pt. The molecular weight excluding hydrogens is 635 g/mol. The first-order valence-corrected chi connectivity index (χ1v) is 11.9. The smallest absolute Gasteiger partial charge is 0.0970 e. The molecule has 0 aliphatic carbocycles. The summed E-state index contributed by atoms with van der Waals surface area (Å²) in [5.74, 6) is 0. The van der Waals surface area contributed by atoms with Crippen LogP contribution >= 0.6 is 0 Å². The molecule has 0 aliphatic heterocycles. The van der Waals surface area contributed by atoms with Gasteiger partial charge in [-0.2, -0.15) is 0 Å². The van der Waals surface area contributed by atoms with Crippen molar-refractivity contribution in [2.45, 2.75) is 0 Å². The Labute approximate surface area is 227 Å². The quantitative estimate of drug-likeness (QED) is 0.156. The molecule has 0 amide bonds. The molecule has 0 fully saturated rings. The van der Waals surface area contributed by atoms with Crippen molar-refractivity contribution in [2.75, 3.05) is 0 Å².